The van der Waals surface area contributed by atoms with Crippen LogP contribution in [-0.4, -0.2) is 113 Å². The number of aryl methyl sites for hydroxylation is 1. The highest BCUT2D eigenvalue weighted by atomic mass is 16.5. The summed E-state index contributed by atoms with van der Waals surface area (Å²) in [5.74, 6) is 0.223. The van der Waals surface area contributed by atoms with Crippen LogP contribution in [0.3, 0.4) is 0 Å². The molecule has 0 aromatic carbocycles. The predicted octanol–water partition coefficient (Wildman–Crippen LogP) is 0.812. The number of hydrogen-bond donors (Lipinski definition) is 0. The fourth-order valence-electron chi connectivity index (χ4n) is 5.10. The number of amides is 1. The summed E-state index contributed by atoms with van der Waals surface area (Å²) in [4.78, 5) is 22.8. The van der Waals surface area contributed by atoms with Crippen molar-refractivity contribution in [1.82, 2.24) is 29.4 Å². The van der Waals surface area contributed by atoms with Gasteiger partial charge in [0.2, 0.25) is 5.91 Å². The maximum atomic E-state index is 13.4. The third kappa shape index (κ3) is 5.22. The second-order valence-electron chi connectivity index (χ2n) is 8.96. The predicted molar refractivity (Wildman–Crippen MR) is 116 cm³/mol. The standard InChI is InChI=1S/C22H38N6O2/c1-3-25-9-11-27(12-10-25)18-21(29)28-13-14-30-20(17-26-7-5-4-6-8-26)22(28)19-15-23-24(2)16-19/h15-16,20,22H,3-14,17-18H2,1-2H3/t20-,22-/m0/s1. The largest absolute Gasteiger partial charge is 0.373 e. The van der Waals surface area contributed by atoms with Crippen LogP contribution >= 0.6 is 0 Å². The van der Waals surface area contributed by atoms with Gasteiger partial charge in [-0.25, -0.2) is 0 Å². The molecule has 1 aromatic rings. The van der Waals surface area contributed by atoms with Crippen LogP contribution < -0.4 is 0 Å². The number of likely N-dealkylation sites (tertiary alicyclic amines) is 1. The number of rotatable bonds is 6. The molecule has 1 amide bonds. The van der Waals surface area contributed by atoms with Crippen molar-refractivity contribution in [3.63, 3.8) is 0 Å². The van der Waals surface area contributed by atoms with E-state index in [1.54, 1.807) is 0 Å². The molecule has 0 spiro atoms. The minimum atomic E-state index is -0.0567. The molecule has 8 nitrogen and oxygen atoms in total. The van der Waals surface area contributed by atoms with Crippen LogP contribution in [0, 0.1) is 0 Å². The minimum Gasteiger partial charge on any atom is -0.373 e. The lowest BCUT2D eigenvalue weighted by molar-refractivity contribution is -0.150. The molecule has 4 heterocycles. The normalized spacial score (nSPS) is 27.5. The lowest BCUT2D eigenvalue weighted by Crippen LogP contribution is -2.55. The summed E-state index contributed by atoms with van der Waals surface area (Å²) in [5, 5.41) is 4.39. The molecule has 4 rings (SSSR count). The Labute approximate surface area is 180 Å². The quantitative estimate of drug-likeness (QED) is 0.682. The summed E-state index contributed by atoms with van der Waals surface area (Å²) >= 11 is 0. The zero-order chi connectivity index (χ0) is 20.9. The van der Waals surface area contributed by atoms with Crippen LogP contribution in [0.2, 0.25) is 0 Å². The van der Waals surface area contributed by atoms with Gasteiger partial charge in [0, 0.05) is 58.1 Å². The highest BCUT2D eigenvalue weighted by Gasteiger charge is 2.38. The summed E-state index contributed by atoms with van der Waals surface area (Å²) in [5.41, 5.74) is 1.09. The van der Waals surface area contributed by atoms with Crippen molar-refractivity contribution in [2.45, 2.75) is 38.3 Å². The first-order valence-electron chi connectivity index (χ1n) is 11.7. The van der Waals surface area contributed by atoms with Crippen molar-refractivity contribution < 1.29 is 9.53 Å². The summed E-state index contributed by atoms with van der Waals surface area (Å²) in [6.07, 6.45) is 7.80. The van der Waals surface area contributed by atoms with E-state index in [0.717, 1.165) is 57.9 Å². The van der Waals surface area contributed by atoms with Crippen molar-refractivity contribution in [3.05, 3.63) is 18.0 Å². The molecule has 0 N–H and O–H groups in total. The smallest absolute Gasteiger partial charge is 0.237 e. The average Bonchev–Trinajstić information content (AvgIpc) is 3.20. The second-order valence-corrected chi connectivity index (χ2v) is 8.96. The number of carbonyl (C=O) groups is 1. The molecular weight excluding hydrogens is 380 g/mol. The summed E-state index contributed by atoms with van der Waals surface area (Å²) in [7, 11) is 1.94. The molecule has 2 atom stereocenters. The van der Waals surface area contributed by atoms with Gasteiger partial charge in [0.25, 0.3) is 0 Å². The van der Waals surface area contributed by atoms with Crippen LogP contribution in [0.1, 0.15) is 37.8 Å². The van der Waals surface area contributed by atoms with Crippen molar-refractivity contribution in [2.24, 2.45) is 7.05 Å². The molecule has 0 radical (unpaired) electrons. The number of piperazine rings is 1. The Morgan fingerprint density at radius 3 is 2.43 bits per heavy atom. The highest BCUT2D eigenvalue weighted by molar-refractivity contribution is 5.79. The number of hydrogen-bond acceptors (Lipinski definition) is 6. The Hall–Kier alpha value is -1.48. The monoisotopic (exact) mass is 418 g/mol. The van der Waals surface area contributed by atoms with Gasteiger partial charge in [-0.05, 0) is 32.5 Å². The molecule has 0 bridgehead atoms. The van der Waals surface area contributed by atoms with Crippen molar-refractivity contribution in [2.75, 3.05) is 72.1 Å². The van der Waals surface area contributed by atoms with Gasteiger partial charge in [0.05, 0.1) is 31.5 Å². The first kappa shape index (κ1) is 21.7. The minimum absolute atomic E-state index is 0.00180. The van der Waals surface area contributed by atoms with E-state index >= 15 is 0 Å². The SMILES string of the molecule is CCN1CCN(CC(=O)N2CCO[C@@H](CN3CCCCC3)[C@@H]2c2cnn(C)c2)CC1. The van der Waals surface area contributed by atoms with E-state index in [4.69, 9.17) is 4.74 Å². The number of carbonyl (C=O) groups excluding carboxylic acids is 1. The van der Waals surface area contributed by atoms with Gasteiger partial charge in [-0.1, -0.05) is 13.3 Å². The zero-order valence-electron chi connectivity index (χ0n) is 18.7. The van der Waals surface area contributed by atoms with E-state index in [-0.39, 0.29) is 18.1 Å². The maximum absolute atomic E-state index is 13.4. The molecule has 8 heteroatoms. The molecule has 1 aromatic heterocycles. The number of aromatic nitrogens is 2. The molecule has 0 unspecified atom stereocenters. The Morgan fingerprint density at radius 1 is 1.03 bits per heavy atom. The Morgan fingerprint density at radius 2 is 1.77 bits per heavy atom. The molecular formula is C22H38N6O2. The molecule has 3 aliphatic rings. The Balaban J connectivity index is 1.46. The van der Waals surface area contributed by atoms with Crippen molar-refractivity contribution >= 4 is 5.91 Å². The third-order valence-electron chi connectivity index (χ3n) is 6.90. The number of nitrogens with zero attached hydrogens (tertiary/aromatic N) is 6. The number of morpholine rings is 1. The van der Waals surface area contributed by atoms with Gasteiger partial charge in [0.15, 0.2) is 0 Å². The van der Waals surface area contributed by atoms with Gasteiger partial charge >= 0.3 is 0 Å². The topological polar surface area (TPSA) is 57.1 Å². The van der Waals surface area contributed by atoms with Gasteiger partial charge in [-0.3, -0.25) is 14.4 Å². The summed E-state index contributed by atoms with van der Waals surface area (Å²) in [6.45, 7) is 12.3. The average molecular weight is 419 g/mol. The molecule has 168 valence electrons. The second kappa shape index (κ2) is 10.2. The summed E-state index contributed by atoms with van der Waals surface area (Å²) in [6, 6.07) is -0.0567. The third-order valence-corrected chi connectivity index (χ3v) is 6.90. The fraction of sp³-hybridized carbons (Fsp3) is 0.818. The van der Waals surface area contributed by atoms with E-state index in [0.29, 0.717) is 19.7 Å². The number of ether oxygens (including phenoxy) is 1. The molecule has 30 heavy (non-hydrogen) atoms. The van der Waals surface area contributed by atoms with Crippen LogP contribution in [0.4, 0.5) is 0 Å². The van der Waals surface area contributed by atoms with Crippen LogP contribution in [0.25, 0.3) is 0 Å². The van der Waals surface area contributed by atoms with E-state index in [9.17, 15) is 4.79 Å². The van der Waals surface area contributed by atoms with E-state index in [1.807, 2.05) is 24.1 Å². The zero-order valence-corrected chi connectivity index (χ0v) is 18.7. The van der Waals surface area contributed by atoms with Crippen molar-refractivity contribution in [3.8, 4) is 0 Å². The van der Waals surface area contributed by atoms with Gasteiger partial charge in [-0.15, -0.1) is 0 Å². The number of piperidine rings is 1. The molecule has 3 saturated heterocycles. The van der Waals surface area contributed by atoms with Crippen molar-refractivity contribution in [1.29, 1.82) is 0 Å². The Kier molecular flexibility index (Phi) is 7.41. The van der Waals surface area contributed by atoms with Gasteiger partial charge in [0.1, 0.15) is 0 Å². The van der Waals surface area contributed by atoms with E-state index in [1.165, 1.54) is 19.3 Å². The van der Waals surface area contributed by atoms with Crippen LogP contribution in [0.15, 0.2) is 12.4 Å². The summed E-state index contributed by atoms with van der Waals surface area (Å²) < 4.78 is 8.09. The first-order chi connectivity index (χ1) is 14.6. The maximum Gasteiger partial charge on any atom is 0.237 e. The van der Waals surface area contributed by atoms with E-state index < -0.39 is 0 Å². The fourth-order valence-corrected chi connectivity index (χ4v) is 5.10. The molecule has 3 aliphatic heterocycles. The van der Waals surface area contributed by atoms with Gasteiger partial charge < -0.3 is 19.4 Å². The first-order valence-corrected chi connectivity index (χ1v) is 11.7. The molecule has 0 aliphatic carbocycles. The lowest BCUT2D eigenvalue weighted by atomic mass is 9.99. The molecule has 0 saturated carbocycles. The highest BCUT2D eigenvalue weighted by Crippen LogP contribution is 2.31. The number of likely N-dealkylation sites (N-methyl/N-ethyl adjacent to an activating group) is 1. The van der Waals surface area contributed by atoms with E-state index in [2.05, 4.69) is 31.6 Å². The van der Waals surface area contributed by atoms with Crippen LogP contribution in [0.5, 0.6) is 0 Å². The molecule has 3 fully saturated rings. The van der Waals surface area contributed by atoms with Crippen LogP contribution in [-0.2, 0) is 16.6 Å². The lowest BCUT2D eigenvalue weighted by Gasteiger charge is -2.44. The Bertz CT molecular complexity index is 681. The van der Waals surface area contributed by atoms with Gasteiger partial charge in [-0.2, -0.15) is 5.10 Å².